The molecule has 1 unspecified atom stereocenters. The van der Waals surface area contributed by atoms with Crippen molar-refractivity contribution >= 4 is 17.6 Å². The number of aliphatic hydroxyl groups is 1. The molecule has 0 aliphatic carbocycles. The molecule has 1 aliphatic heterocycles. The highest BCUT2D eigenvalue weighted by Crippen LogP contribution is 2.28. The molecule has 1 fully saturated rings. The highest BCUT2D eigenvalue weighted by molar-refractivity contribution is 5.65. The molecule has 2 aromatic heterocycles. The number of anilines is 3. The number of benzene rings is 1. The van der Waals surface area contributed by atoms with Crippen molar-refractivity contribution in [2.24, 2.45) is 0 Å². The standard InChI is InChI=1S/C24H29FN6O/c1-16-11-18(15-32)13-26-23(16)30-9-10-31(17(2)14-30)22-12-21(27-24(28-22)29(3)4)19-5-7-20(25)8-6-19/h5-8,11-13,17,32H,9-10,14-15H2,1-4H3. The van der Waals surface area contributed by atoms with E-state index < -0.39 is 0 Å². The van der Waals surface area contributed by atoms with Gasteiger partial charge in [0.05, 0.1) is 12.3 Å². The molecule has 4 rings (SSSR count). The van der Waals surface area contributed by atoms with Gasteiger partial charge in [-0.3, -0.25) is 0 Å². The molecule has 0 amide bonds. The summed E-state index contributed by atoms with van der Waals surface area (Å²) in [4.78, 5) is 20.5. The molecule has 7 nitrogen and oxygen atoms in total. The summed E-state index contributed by atoms with van der Waals surface area (Å²) in [6.45, 7) is 6.61. The van der Waals surface area contributed by atoms with E-state index in [-0.39, 0.29) is 18.5 Å². The minimum Gasteiger partial charge on any atom is -0.392 e. The number of hydrogen-bond acceptors (Lipinski definition) is 7. The van der Waals surface area contributed by atoms with Gasteiger partial charge < -0.3 is 19.8 Å². The van der Waals surface area contributed by atoms with Gasteiger partial charge in [-0.2, -0.15) is 4.98 Å². The molecule has 1 saturated heterocycles. The topological polar surface area (TPSA) is 68.6 Å². The van der Waals surface area contributed by atoms with Gasteiger partial charge in [0.25, 0.3) is 0 Å². The van der Waals surface area contributed by atoms with Crippen molar-refractivity contribution in [1.29, 1.82) is 0 Å². The number of piperazine rings is 1. The van der Waals surface area contributed by atoms with Crippen LogP contribution in [0.4, 0.5) is 22.0 Å². The van der Waals surface area contributed by atoms with Gasteiger partial charge in [-0.25, -0.2) is 14.4 Å². The Morgan fingerprint density at radius 3 is 2.50 bits per heavy atom. The van der Waals surface area contributed by atoms with Crippen LogP contribution in [0.1, 0.15) is 18.1 Å². The molecule has 168 valence electrons. The first-order valence-electron chi connectivity index (χ1n) is 10.8. The van der Waals surface area contributed by atoms with E-state index in [4.69, 9.17) is 4.98 Å². The quantitative estimate of drug-likeness (QED) is 0.658. The molecule has 0 bridgehead atoms. The Labute approximate surface area is 188 Å². The molecule has 1 N–H and O–H groups in total. The third kappa shape index (κ3) is 4.50. The molecular weight excluding hydrogens is 407 g/mol. The Balaban J connectivity index is 1.61. The van der Waals surface area contributed by atoms with E-state index in [9.17, 15) is 9.50 Å². The van der Waals surface area contributed by atoms with Crippen molar-refractivity contribution in [3.05, 3.63) is 59.5 Å². The fourth-order valence-corrected chi connectivity index (χ4v) is 4.07. The van der Waals surface area contributed by atoms with Gasteiger partial charge in [-0.1, -0.05) is 0 Å². The van der Waals surface area contributed by atoms with Gasteiger partial charge in [-0.15, -0.1) is 0 Å². The van der Waals surface area contributed by atoms with Gasteiger partial charge in [0.15, 0.2) is 0 Å². The maximum absolute atomic E-state index is 13.4. The van der Waals surface area contributed by atoms with Gasteiger partial charge in [0.1, 0.15) is 17.5 Å². The van der Waals surface area contributed by atoms with Crippen molar-refractivity contribution in [3.63, 3.8) is 0 Å². The van der Waals surface area contributed by atoms with Crippen LogP contribution in [0.2, 0.25) is 0 Å². The normalized spacial score (nSPS) is 16.4. The van der Waals surface area contributed by atoms with Gasteiger partial charge >= 0.3 is 0 Å². The molecular formula is C24H29FN6O. The van der Waals surface area contributed by atoms with E-state index in [0.29, 0.717) is 5.95 Å². The molecule has 8 heteroatoms. The Morgan fingerprint density at radius 2 is 1.88 bits per heavy atom. The summed E-state index contributed by atoms with van der Waals surface area (Å²) in [6.07, 6.45) is 1.74. The van der Waals surface area contributed by atoms with E-state index in [2.05, 4.69) is 26.7 Å². The SMILES string of the molecule is Cc1cc(CO)cnc1N1CCN(c2cc(-c3ccc(F)cc3)nc(N(C)C)n2)C(C)C1. The van der Waals surface area contributed by atoms with E-state index in [1.807, 2.05) is 38.1 Å². The summed E-state index contributed by atoms with van der Waals surface area (Å²) in [5.74, 6) is 2.16. The van der Waals surface area contributed by atoms with Crippen LogP contribution in [-0.4, -0.2) is 59.8 Å². The van der Waals surface area contributed by atoms with Crippen LogP contribution in [0.3, 0.4) is 0 Å². The van der Waals surface area contributed by atoms with E-state index in [0.717, 1.165) is 53.7 Å². The number of aliphatic hydroxyl groups excluding tert-OH is 1. The second-order valence-electron chi connectivity index (χ2n) is 8.44. The molecule has 32 heavy (non-hydrogen) atoms. The molecule has 0 spiro atoms. The Kier molecular flexibility index (Phi) is 6.23. The van der Waals surface area contributed by atoms with Crippen LogP contribution in [0, 0.1) is 12.7 Å². The van der Waals surface area contributed by atoms with Crippen LogP contribution in [0.5, 0.6) is 0 Å². The van der Waals surface area contributed by atoms with Crippen LogP contribution in [0.25, 0.3) is 11.3 Å². The predicted octanol–water partition coefficient (Wildman–Crippen LogP) is 3.26. The number of aryl methyl sites for hydroxylation is 1. The highest BCUT2D eigenvalue weighted by Gasteiger charge is 2.27. The zero-order valence-electron chi connectivity index (χ0n) is 19.0. The van der Waals surface area contributed by atoms with Crippen molar-refractivity contribution in [2.45, 2.75) is 26.5 Å². The number of hydrogen-bond donors (Lipinski definition) is 1. The van der Waals surface area contributed by atoms with E-state index in [1.54, 1.807) is 18.3 Å². The van der Waals surface area contributed by atoms with Gasteiger partial charge in [0, 0.05) is 57.6 Å². The van der Waals surface area contributed by atoms with Gasteiger partial charge in [0.2, 0.25) is 5.95 Å². The highest BCUT2D eigenvalue weighted by atomic mass is 19.1. The van der Waals surface area contributed by atoms with Crippen molar-refractivity contribution < 1.29 is 9.50 Å². The first-order chi connectivity index (χ1) is 15.4. The van der Waals surface area contributed by atoms with Crippen LogP contribution < -0.4 is 14.7 Å². The molecule has 3 aromatic rings. The summed E-state index contributed by atoms with van der Waals surface area (Å²) in [5.41, 5.74) is 3.51. The molecule has 0 radical (unpaired) electrons. The lowest BCUT2D eigenvalue weighted by molar-refractivity contribution is 0.281. The number of rotatable bonds is 5. The van der Waals surface area contributed by atoms with Crippen LogP contribution in [0.15, 0.2) is 42.6 Å². The Morgan fingerprint density at radius 1 is 1.12 bits per heavy atom. The van der Waals surface area contributed by atoms with E-state index in [1.165, 1.54) is 12.1 Å². The lowest BCUT2D eigenvalue weighted by atomic mass is 10.1. The summed E-state index contributed by atoms with van der Waals surface area (Å²) >= 11 is 0. The van der Waals surface area contributed by atoms with Crippen LogP contribution >= 0.6 is 0 Å². The summed E-state index contributed by atoms with van der Waals surface area (Å²) < 4.78 is 13.4. The summed E-state index contributed by atoms with van der Waals surface area (Å²) in [7, 11) is 3.83. The first kappa shape index (κ1) is 22.0. The zero-order chi connectivity index (χ0) is 22.8. The van der Waals surface area contributed by atoms with E-state index >= 15 is 0 Å². The minimum absolute atomic E-state index is 0.00336. The van der Waals surface area contributed by atoms with Crippen molar-refractivity contribution in [1.82, 2.24) is 15.0 Å². The summed E-state index contributed by atoms with van der Waals surface area (Å²) in [6, 6.07) is 10.6. The zero-order valence-corrected chi connectivity index (χ0v) is 19.0. The largest absolute Gasteiger partial charge is 0.392 e. The number of nitrogens with zero attached hydrogens (tertiary/aromatic N) is 6. The molecule has 0 saturated carbocycles. The molecule has 1 aromatic carbocycles. The average Bonchev–Trinajstić information content (AvgIpc) is 2.79. The van der Waals surface area contributed by atoms with Crippen molar-refractivity contribution in [3.8, 4) is 11.3 Å². The number of aromatic nitrogens is 3. The fraction of sp³-hybridized carbons (Fsp3) is 0.375. The first-order valence-corrected chi connectivity index (χ1v) is 10.8. The third-order valence-electron chi connectivity index (χ3n) is 5.75. The molecule has 1 atom stereocenters. The van der Waals surface area contributed by atoms with Gasteiger partial charge in [-0.05, 0) is 55.3 Å². The maximum Gasteiger partial charge on any atom is 0.227 e. The Bertz CT molecular complexity index is 1090. The minimum atomic E-state index is -0.267. The van der Waals surface area contributed by atoms with Crippen LogP contribution in [-0.2, 0) is 6.61 Å². The lowest BCUT2D eigenvalue weighted by Crippen LogP contribution is -2.53. The number of halogens is 1. The average molecular weight is 437 g/mol. The fourth-order valence-electron chi connectivity index (χ4n) is 4.07. The van der Waals surface area contributed by atoms with Crippen molar-refractivity contribution in [2.75, 3.05) is 48.4 Å². The second kappa shape index (κ2) is 9.08. The Hall–Kier alpha value is -3.26. The molecule has 1 aliphatic rings. The predicted molar refractivity (Wildman–Crippen MR) is 126 cm³/mol. The molecule has 3 heterocycles. The monoisotopic (exact) mass is 436 g/mol. The smallest absolute Gasteiger partial charge is 0.227 e. The number of pyridine rings is 1. The summed E-state index contributed by atoms with van der Waals surface area (Å²) in [5, 5.41) is 9.35. The second-order valence-corrected chi connectivity index (χ2v) is 8.44. The maximum atomic E-state index is 13.4. The third-order valence-corrected chi connectivity index (χ3v) is 5.75. The lowest BCUT2D eigenvalue weighted by Gasteiger charge is -2.41.